The van der Waals surface area contributed by atoms with Gasteiger partial charge in [0.1, 0.15) is 11.6 Å². The van der Waals surface area contributed by atoms with Crippen molar-refractivity contribution in [3.8, 4) is 11.8 Å². The fourth-order valence-corrected chi connectivity index (χ4v) is 4.03. The maximum atomic E-state index is 12.3. The maximum absolute atomic E-state index is 12.3. The summed E-state index contributed by atoms with van der Waals surface area (Å²) in [4.78, 5) is 21.0. The van der Waals surface area contributed by atoms with Gasteiger partial charge in [0, 0.05) is 60.5 Å². The molecule has 4 rings (SSSR count). The lowest BCUT2D eigenvalue weighted by Gasteiger charge is -2.12. The lowest BCUT2D eigenvalue weighted by atomic mass is 10.1. The Bertz CT molecular complexity index is 1570. The number of anilines is 1. The molecule has 0 aliphatic rings. The molecule has 0 bridgehead atoms. The van der Waals surface area contributed by atoms with Crippen LogP contribution in [0.3, 0.4) is 0 Å². The number of amides is 1. The Balaban J connectivity index is 1.23. The lowest BCUT2D eigenvalue weighted by molar-refractivity contribution is -0.274. The van der Waals surface area contributed by atoms with Crippen molar-refractivity contribution < 1.29 is 22.7 Å². The molecule has 0 spiro atoms. The molecule has 0 radical (unpaired) electrons. The average molecular weight is 555 g/mol. The number of nitrogens with one attached hydrogen (secondary N) is 3. The minimum atomic E-state index is -4.82. The van der Waals surface area contributed by atoms with Crippen LogP contribution >= 0.6 is 11.6 Å². The van der Waals surface area contributed by atoms with Crippen LogP contribution in [0.25, 0.3) is 21.7 Å². The second-order valence-electron chi connectivity index (χ2n) is 8.32. The number of fused-ring (bicyclic) bond motifs is 3. The first-order valence-corrected chi connectivity index (χ1v) is 12.1. The van der Waals surface area contributed by atoms with Gasteiger partial charge >= 0.3 is 6.36 Å². The molecule has 3 N–H and O–H groups in total. The first-order valence-electron chi connectivity index (χ1n) is 11.8. The molecule has 0 fully saturated rings. The number of alkyl halides is 3. The number of ether oxygens (including phenoxy) is 1. The molecule has 1 amide bonds. The number of carbonyl (C=O) groups is 1. The van der Waals surface area contributed by atoms with E-state index in [1.807, 2.05) is 12.1 Å². The molecule has 200 valence electrons. The minimum Gasteiger partial charge on any atom is -0.404 e. The van der Waals surface area contributed by atoms with Gasteiger partial charge in [-0.05, 0) is 42.3 Å². The Morgan fingerprint density at radius 1 is 1.10 bits per heavy atom. The first-order chi connectivity index (χ1) is 18.7. The summed E-state index contributed by atoms with van der Waals surface area (Å²) in [6, 6.07) is 13.3. The van der Waals surface area contributed by atoms with E-state index in [0.29, 0.717) is 42.0 Å². The Kier molecular flexibility index (Phi) is 8.68. The zero-order valence-electron chi connectivity index (χ0n) is 20.3. The number of halogens is 4. The van der Waals surface area contributed by atoms with Crippen LogP contribution in [0.1, 0.15) is 17.5 Å². The largest absolute Gasteiger partial charge is 0.573 e. The van der Waals surface area contributed by atoms with Crippen LogP contribution in [-0.2, 0) is 11.3 Å². The number of carbonyl (C=O) groups excluding carboxylic acids is 1. The van der Waals surface area contributed by atoms with E-state index in [0.717, 1.165) is 22.2 Å². The SMILES string of the molecule is N#Cc1ccc2c(c1)nc(NCCCNC(=O)C=CNCc1ccc(OC(F)(F)F)c(Cl)c1)c1ccncc12. The van der Waals surface area contributed by atoms with Gasteiger partial charge in [-0.2, -0.15) is 5.26 Å². The third-order valence-electron chi connectivity index (χ3n) is 5.55. The topological polar surface area (TPSA) is 112 Å². The third-order valence-corrected chi connectivity index (χ3v) is 5.85. The average Bonchev–Trinajstić information content (AvgIpc) is 2.91. The molecule has 0 saturated heterocycles. The molecule has 0 saturated carbocycles. The van der Waals surface area contributed by atoms with E-state index in [1.165, 1.54) is 24.4 Å². The second kappa shape index (κ2) is 12.3. The summed E-state index contributed by atoms with van der Waals surface area (Å²) in [5, 5.41) is 20.7. The Morgan fingerprint density at radius 2 is 1.95 bits per heavy atom. The molecule has 4 aromatic rings. The molecule has 39 heavy (non-hydrogen) atoms. The zero-order valence-corrected chi connectivity index (χ0v) is 21.1. The van der Waals surface area contributed by atoms with Crippen molar-refractivity contribution in [3.63, 3.8) is 0 Å². The number of nitrogens with zero attached hydrogens (tertiary/aromatic N) is 3. The summed E-state index contributed by atoms with van der Waals surface area (Å²) in [5.74, 6) is -0.116. The number of nitriles is 1. The van der Waals surface area contributed by atoms with Gasteiger partial charge in [0.05, 0.1) is 22.2 Å². The van der Waals surface area contributed by atoms with Crippen LogP contribution in [0, 0.1) is 11.3 Å². The van der Waals surface area contributed by atoms with Gasteiger partial charge in [0.25, 0.3) is 0 Å². The minimum absolute atomic E-state index is 0.169. The summed E-state index contributed by atoms with van der Waals surface area (Å²) in [6.45, 7) is 1.21. The molecule has 0 aliphatic heterocycles. The normalized spacial score (nSPS) is 11.5. The van der Waals surface area contributed by atoms with Crippen LogP contribution < -0.4 is 20.7 Å². The Morgan fingerprint density at radius 3 is 2.72 bits per heavy atom. The number of hydrogen-bond acceptors (Lipinski definition) is 7. The summed E-state index contributed by atoms with van der Waals surface area (Å²) in [6.07, 6.45) is 2.02. The summed E-state index contributed by atoms with van der Waals surface area (Å²) in [7, 11) is 0. The Labute approximate surface area is 226 Å². The maximum Gasteiger partial charge on any atom is 0.573 e. The number of rotatable bonds is 10. The van der Waals surface area contributed by atoms with Crippen molar-refractivity contribution in [1.29, 1.82) is 5.26 Å². The summed E-state index contributed by atoms with van der Waals surface area (Å²) in [5.41, 5.74) is 1.82. The number of aromatic nitrogens is 2. The highest BCUT2D eigenvalue weighted by molar-refractivity contribution is 6.32. The predicted octanol–water partition coefficient (Wildman–Crippen LogP) is 5.43. The van der Waals surface area contributed by atoms with Crippen molar-refractivity contribution in [2.24, 2.45) is 0 Å². The summed E-state index contributed by atoms with van der Waals surface area (Å²) < 4.78 is 40.8. The molecular formula is C27H22ClF3N6O2. The molecule has 0 unspecified atom stereocenters. The van der Waals surface area contributed by atoms with Crippen molar-refractivity contribution >= 4 is 45.0 Å². The van der Waals surface area contributed by atoms with Crippen LogP contribution in [0.15, 0.2) is 67.1 Å². The highest BCUT2D eigenvalue weighted by Crippen LogP contribution is 2.31. The lowest BCUT2D eigenvalue weighted by Crippen LogP contribution is -2.24. The zero-order chi connectivity index (χ0) is 27.8. The molecule has 2 aromatic carbocycles. The molecule has 2 heterocycles. The quantitative estimate of drug-likeness (QED) is 0.136. The van der Waals surface area contributed by atoms with Gasteiger partial charge in [-0.25, -0.2) is 4.98 Å². The van der Waals surface area contributed by atoms with E-state index < -0.39 is 12.1 Å². The van der Waals surface area contributed by atoms with E-state index in [9.17, 15) is 23.2 Å². The fraction of sp³-hybridized carbons (Fsp3) is 0.185. The molecule has 8 nitrogen and oxygen atoms in total. The van der Waals surface area contributed by atoms with Crippen LogP contribution in [0.5, 0.6) is 5.75 Å². The Hall–Kier alpha value is -4.56. The summed E-state index contributed by atoms with van der Waals surface area (Å²) >= 11 is 5.83. The monoisotopic (exact) mass is 554 g/mol. The number of hydrogen-bond donors (Lipinski definition) is 3. The second-order valence-corrected chi connectivity index (χ2v) is 8.73. The molecule has 12 heteroatoms. The van der Waals surface area contributed by atoms with Gasteiger partial charge in [-0.15, -0.1) is 13.2 Å². The highest BCUT2D eigenvalue weighted by atomic mass is 35.5. The van der Waals surface area contributed by atoms with Gasteiger partial charge in [0.15, 0.2) is 0 Å². The van der Waals surface area contributed by atoms with E-state index >= 15 is 0 Å². The third kappa shape index (κ3) is 7.49. The van der Waals surface area contributed by atoms with Crippen molar-refractivity contribution in [2.75, 3.05) is 18.4 Å². The van der Waals surface area contributed by atoms with Gasteiger partial charge < -0.3 is 20.7 Å². The van der Waals surface area contributed by atoms with E-state index in [-0.39, 0.29) is 17.5 Å². The van der Waals surface area contributed by atoms with Crippen LogP contribution in [0.4, 0.5) is 19.0 Å². The van der Waals surface area contributed by atoms with Crippen LogP contribution in [-0.4, -0.2) is 35.3 Å². The van der Waals surface area contributed by atoms with Crippen LogP contribution in [0.2, 0.25) is 5.02 Å². The molecule has 2 aromatic heterocycles. The van der Waals surface area contributed by atoms with E-state index in [2.05, 4.69) is 36.7 Å². The fourth-order valence-electron chi connectivity index (χ4n) is 3.79. The molecule has 0 atom stereocenters. The van der Waals surface area contributed by atoms with Crippen molar-refractivity contribution in [3.05, 3.63) is 83.3 Å². The van der Waals surface area contributed by atoms with Gasteiger partial charge in [-0.3, -0.25) is 9.78 Å². The number of pyridine rings is 2. The predicted molar refractivity (Wildman–Crippen MR) is 142 cm³/mol. The van der Waals surface area contributed by atoms with Crippen molar-refractivity contribution in [2.45, 2.75) is 19.3 Å². The van der Waals surface area contributed by atoms with Crippen molar-refractivity contribution in [1.82, 2.24) is 20.6 Å². The van der Waals surface area contributed by atoms with E-state index in [1.54, 1.807) is 24.5 Å². The highest BCUT2D eigenvalue weighted by Gasteiger charge is 2.32. The van der Waals surface area contributed by atoms with E-state index in [4.69, 9.17) is 11.6 Å². The smallest absolute Gasteiger partial charge is 0.404 e. The standard InChI is InChI=1S/C27H22ClF3N6O2/c28-22-12-18(3-5-24(22)39-27(29,30)31)15-33-11-7-25(38)35-8-1-9-36-26-20-6-10-34-16-21(20)19-4-2-17(14-32)13-23(19)37-26/h2-7,10-13,16,33H,1,8-9,15H2,(H,35,38)(H,36,37). The number of benzene rings is 2. The first kappa shape index (κ1) is 27.5. The molecular weight excluding hydrogens is 533 g/mol. The van der Waals surface area contributed by atoms with Gasteiger partial charge in [-0.1, -0.05) is 23.7 Å². The molecule has 0 aliphatic carbocycles. The van der Waals surface area contributed by atoms with Gasteiger partial charge in [0.2, 0.25) is 5.91 Å².